The molecule has 0 aliphatic heterocycles. The number of fused-ring (bicyclic) bond motifs is 2. The summed E-state index contributed by atoms with van der Waals surface area (Å²) in [6, 6.07) is 0. The van der Waals surface area contributed by atoms with Gasteiger partial charge in [0.05, 0.1) is 0 Å². The highest BCUT2D eigenvalue weighted by molar-refractivity contribution is 5.89. The number of hydrogen-bond acceptors (Lipinski definition) is 2. The molecule has 2 fully saturated rings. The molecule has 2 bridgehead atoms. The smallest absolute Gasteiger partial charge is 0.139 e. The summed E-state index contributed by atoms with van der Waals surface area (Å²) in [5, 5.41) is 0. The third-order valence-electron chi connectivity index (χ3n) is 7.74. The van der Waals surface area contributed by atoms with Crippen LogP contribution in [-0.2, 0) is 9.59 Å². The van der Waals surface area contributed by atoms with Crippen molar-refractivity contribution in [2.45, 2.75) is 74.1 Å². The Labute approximate surface area is 135 Å². The molecule has 2 saturated carbocycles. The van der Waals surface area contributed by atoms with Gasteiger partial charge in [-0.1, -0.05) is 53.7 Å². The van der Waals surface area contributed by atoms with Crippen LogP contribution in [-0.4, -0.2) is 11.6 Å². The van der Waals surface area contributed by atoms with Crippen molar-refractivity contribution in [3.05, 3.63) is 12.2 Å². The van der Waals surface area contributed by atoms with Crippen molar-refractivity contribution in [2.24, 2.45) is 27.6 Å². The maximum atomic E-state index is 11.6. The first-order chi connectivity index (χ1) is 9.88. The predicted molar refractivity (Wildman–Crippen MR) is 90.6 cm³/mol. The van der Waals surface area contributed by atoms with Crippen LogP contribution in [0.3, 0.4) is 0 Å². The number of Topliss-reactive ketones (excluding diaryl/α,β-unsaturated/α-hetero) is 2. The van der Waals surface area contributed by atoms with Crippen molar-refractivity contribution in [1.29, 1.82) is 0 Å². The van der Waals surface area contributed by atoms with Gasteiger partial charge in [-0.3, -0.25) is 9.59 Å². The second-order valence-electron chi connectivity index (χ2n) is 9.13. The molecule has 0 saturated heterocycles. The predicted octanol–water partition coefficient (Wildman–Crippen LogP) is 4.97. The number of allylic oxidation sites excluding steroid dienone is 2. The fraction of sp³-hybridized carbons (Fsp3) is 0.800. The van der Waals surface area contributed by atoms with E-state index < -0.39 is 0 Å². The van der Waals surface area contributed by atoms with Gasteiger partial charge in [0.15, 0.2) is 0 Å². The van der Waals surface area contributed by atoms with Gasteiger partial charge in [0.25, 0.3) is 0 Å². The average Bonchev–Trinajstić information content (AvgIpc) is 2.86. The molecule has 0 N–H and O–H groups in total. The van der Waals surface area contributed by atoms with Crippen LogP contribution in [0.5, 0.6) is 0 Å². The van der Waals surface area contributed by atoms with E-state index in [0.717, 1.165) is 19.3 Å². The number of rotatable bonds is 1. The maximum Gasteiger partial charge on any atom is 0.139 e. The van der Waals surface area contributed by atoms with Crippen molar-refractivity contribution in [2.75, 3.05) is 0 Å². The summed E-state index contributed by atoms with van der Waals surface area (Å²) in [4.78, 5) is 22.9. The lowest BCUT2D eigenvalue weighted by Crippen LogP contribution is -2.36. The van der Waals surface area contributed by atoms with Gasteiger partial charge in [-0.25, -0.2) is 0 Å². The van der Waals surface area contributed by atoms with Crippen LogP contribution in [0.4, 0.5) is 0 Å². The lowest BCUT2D eigenvalue weighted by Gasteiger charge is -2.35. The zero-order valence-corrected chi connectivity index (χ0v) is 15.4. The first kappa shape index (κ1) is 17.4. The number of carbonyl (C=O) groups is 2. The van der Waals surface area contributed by atoms with Gasteiger partial charge in [-0.2, -0.15) is 0 Å². The summed E-state index contributed by atoms with van der Waals surface area (Å²) in [5.41, 5.74) is 0.188. The lowest BCUT2D eigenvalue weighted by molar-refractivity contribution is -0.129. The average molecular weight is 304 g/mol. The maximum absolute atomic E-state index is 11.6. The van der Waals surface area contributed by atoms with Crippen molar-refractivity contribution < 1.29 is 9.59 Å². The quantitative estimate of drug-likeness (QED) is 0.641. The number of carbonyl (C=O) groups excluding carboxylic acids is 2. The molecule has 22 heavy (non-hydrogen) atoms. The summed E-state index contributed by atoms with van der Waals surface area (Å²) in [7, 11) is 0. The Morgan fingerprint density at radius 3 is 1.91 bits per heavy atom. The Morgan fingerprint density at radius 2 is 1.73 bits per heavy atom. The fourth-order valence-corrected chi connectivity index (χ4v) is 4.54. The molecule has 0 aromatic heterocycles. The molecule has 3 atom stereocenters. The van der Waals surface area contributed by atoms with E-state index in [1.807, 2.05) is 0 Å². The zero-order chi connectivity index (χ0) is 17.0. The van der Waals surface area contributed by atoms with Gasteiger partial charge < -0.3 is 0 Å². The normalized spacial score (nSPS) is 40.5. The molecule has 0 amide bonds. The molecule has 0 aromatic carbocycles. The SMILES string of the molecule is CC(=O)C1(C)CC=CC1(C)C.CC12CCC(CC1=O)C2(C)C. The van der Waals surface area contributed by atoms with E-state index in [1.54, 1.807) is 6.92 Å². The monoisotopic (exact) mass is 304 g/mol. The molecule has 3 rings (SSSR count). The van der Waals surface area contributed by atoms with Crippen LogP contribution >= 0.6 is 0 Å². The first-order valence-corrected chi connectivity index (χ1v) is 8.60. The zero-order valence-electron chi connectivity index (χ0n) is 15.4. The third kappa shape index (κ3) is 2.21. The second-order valence-corrected chi connectivity index (χ2v) is 9.13. The highest BCUT2D eigenvalue weighted by Gasteiger charge is 2.61. The van der Waals surface area contributed by atoms with E-state index in [2.05, 4.69) is 53.7 Å². The Bertz CT molecular complexity index is 526. The lowest BCUT2D eigenvalue weighted by atomic mass is 9.67. The standard InChI is InChI=1S/2C10H16O/c1-9(2)7-4-5-10(9,3)8(11)6-7;1-8(11)10(4)7-5-6-9(10,2)3/h7H,4-6H2,1-3H3;5-6H,7H2,1-4H3. The molecule has 2 heteroatoms. The number of hydrogen-bond donors (Lipinski definition) is 0. The van der Waals surface area contributed by atoms with E-state index in [1.165, 1.54) is 6.42 Å². The topological polar surface area (TPSA) is 34.1 Å². The molecular formula is C20H32O2. The molecule has 0 radical (unpaired) electrons. The molecular weight excluding hydrogens is 272 g/mol. The van der Waals surface area contributed by atoms with Gasteiger partial charge in [0.2, 0.25) is 0 Å². The summed E-state index contributed by atoms with van der Waals surface area (Å²) in [6.45, 7) is 14.7. The Hall–Kier alpha value is -0.920. The second kappa shape index (κ2) is 5.04. The molecule has 3 unspecified atom stereocenters. The molecule has 0 aromatic rings. The first-order valence-electron chi connectivity index (χ1n) is 8.60. The Kier molecular flexibility index (Phi) is 3.99. The van der Waals surface area contributed by atoms with Gasteiger partial charge >= 0.3 is 0 Å². The minimum absolute atomic E-state index is 0.0255. The largest absolute Gasteiger partial charge is 0.299 e. The van der Waals surface area contributed by atoms with Crippen LogP contribution in [0.25, 0.3) is 0 Å². The number of ketones is 2. The van der Waals surface area contributed by atoms with Gasteiger partial charge in [0, 0.05) is 17.3 Å². The van der Waals surface area contributed by atoms with Crippen molar-refractivity contribution in [3.63, 3.8) is 0 Å². The minimum atomic E-state index is -0.160. The van der Waals surface area contributed by atoms with E-state index in [9.17, 15) is 9.59 Å². The highest BCUT2D eigenvalue weighted by atomic mass is 16.1. The van der Waals surface area contributed by atoms with E-state index in [0.29, 0.717) is 17.5 Å². The minimum Gasteiger partial charge on any atom is -0.299 e. The summed E-state index contributed by atoms with van der Waals surface area (Å²) in [6.07, 6.45) is 8.41. The van der Waals surface area contributed by atoms with Gasteiger partial charge in [-0.15, -0.1) is 0 Å². The van der Waals surface area contributed by atoms with E-state index in [4.69, 9.17) is 0 Å². The molecule has 124 valence electrons. The summed E-state index contributed by atoms with van der Waals surface area (Å²) >= 11 is 0. The third-order valence-corrected chi connectivity index (χ3v) is 7.74. The molecule has 3 aliphatic carbocycles. The summed E-state index contributed by atoms with van der Waals surface area (Å²) in [5.74, 6) is 1.49. The van der Waals surface area contributed by atoms with Crippen LogP contribution in [0, 0.1) is 27.6 Å². The van der Waals surface area contributed by atoms with E-state index >= 15 is 0 Å². The van der Waals surface area contributed by atoms with Crippen LogP contribution in [0.1, 0.15) is 74.1 Å². The van der Waals surface area contributed by atoms with Crippen molar-refractivity contribution >= 4 is 11.6 Å². The molecule has 0 spiro atoms. The van der Waals surface area contributed by atoms with E-state index in [-0.39, 0.29) is 21.7 Å². The van der Waals surface area contributed by atoms with Crippen LogP contribution < -0.4 is 0 Å². The Balaban J connectivity index is 0.000000160. The van der Waals surface area contributed by atoms with Crippen LogP contribution in [0.15, 0.2) is 12.2 Å². The van der Waals surface area contributed by atoms with Crippen LogP contribution in [0.2, 0.25) is 0 Å². The van der Waals surface area contributed by atoms with Crippen molar-refractivity contribution in [1.82, 2.24) is 0 Å². The van der Waals surface area contributed by atoms with Gasteiger partial charge in [0.1, 0.15) is 11.6 Å². The van der Waals surface area contributed by atoms with Gasteiger partial charge in [-0.05, 0) is 42.9 Å². The summed E-state index contributed by atoms with van der Waals surface area (Å²) < 4.78 is 0. The van der Waals surface area contributed by atoms with Crippen molar-refractivity contribution in [3.8, 4) is 0 Å². The Morgan fingerprint density at radius 1 is 1.14 bits per heavy atom. The highest BCUT2D eigenvalue weighted by Crippen LogP contribution is 2.63. The fourth-order valence-electron chi connectivity index (χ4n) is 4.54. The molecule has 0 heterocycles. The molecule has 3 aliphatic rings. The molecule has 2 nitrogen and oxygen atoms in total.